The molecule has 0 aromatic carbocycles. The van der Waals surface area contributed by atoms with Gasteiger partial charge in [0.2, 0.25) is 0 Å². The molecule has 0 saturated heterocycles. The number of hydrogen-bond donors (Lipinski definition) is 2. The molecule has 1 unspecified atom stereocenters. The molecule has 0 fully saturated rings. The van der Waals surface area contributed by atoms with Crippen LogP contribution in [0.2, 0.25) is 0 Å². The van der Waals surface area contributed by atoms with Crippen LogP contribution >= 0.6 is 0 Å². The molecule has 13 heavy (non-hydrogen) atoms. The van der Waals surface area contributed by atoms with Gasteiger partial charge in [-0.15, -0.1) is 0 Å². The third-order valence-electron chi connectivity index (χ3n) is 1.74. The van der Waals surface area contributed by atoms with Crippen molar-refractivity contribution in [2.75, 3.05) is 0 Å². The van der Waals surface area contributed by atoms with Crippen molar-refractivity contribution < 1.29 is 9.90 Å². The second-order valence-corrected chi connectivity index (χ2v) is 3.12. The lowest BCUT2D eigenvalue weighted by Gasteiger charge is -2.21. The lowest BCUT2D eigenvalue weighted by atomic mass is 9.92. The van der Waals surface area contributed by atoms with E-state index in [0.29, 0.717) is 5.56 Å². The third kappa shape index (κ3) is 2.48. The van der Waals surface area contributed by atoms with Gasteiger partial charge in [0.05, 0.1) is 12.0 Å². The van der Waals surface area contributed by atoms with Crippen LogP contribution in [-0.4, -0.2) is 21.0 Å². The van der Waals surface area contributed by atoms with Gasteiger partial charge in [-0.1, -0.05) is 0 Å². The molecule has 0 saturated carbocycles. The summed E-state index contributed by atoms with van der Waals surface area (Å²) in [5.41, 5.74) is 5.49. The van der Waals surface area contributed by atoms with Crippen LogP contribution < -0.4 is 5.73 Å². The van der Waals surface area contributed by atoms with Gasteiger partial charge in [-0.3, -0.25) is 4.79 Å². The molecule has 0 radical (unpaired) electrons. The van der Waals surface area contributed by atoms with E-state index >= 15 is 0 Å². The van der Waals surface area contributed by atoms with Gasteiger partial charge in [0.15, 0.2) is 0 Å². The number of carboxylic acids is 1. The van der Waals surface area contributed by atoms with Crippen LogP contribution in [0.1, 0.15) is 18.9 Å². The number of aromatic nitrogens is 2. The van der Waals surface area contributed by atoms with Crippen molar-refractivity contribution in [1.82, 2.24) is 9.97 Å². The Bertz CT molecular complexity index is 298. The van der Waals surface area contributed by atoms with Crippen molar-refractivity contribution in [1.29, 1.82) is 0 Å². The first-order valence-corrected chi connectivity index (χ1v) is 3.78. The van der Waals surface area contributed by atoms with E-state index in [0.717, 1.165) is 0 Å². The monoisotopic (exact) mass is 181 g/mol. The quantitative estimate of drug-likeness (QED) is 0.691. The van der Waals surface area contributed by atoms with Crippen LogP contribution in [0, 0.1) is 0 Å². The largest absolute Gasteiger partial charge is 0.481 e. The summed E-state index contributed by atoms with van der Waals surface area (Å²) in [5.74, 6) is -0.936. The van der Waals surface area contributed by atoms with Crippen molar-refractivity contribution in [3.05, 3.63) is 24.3 Å². The molecule has 3 N–H and O–H groups in total. The molecule has 1 aromatic rings. The van der Waals surface area contributed by atoms with Crippen molar-refractivity contribution in [3.63, 3.8) is 0 Å². The van der Waals surface area contributed by atoms with E-state index in [9.17, 15) is 4.79 Å². The average molecular weight is 181 g/mol. The van der Waals surface area contributed by atoms with E-state index < -0.39 is 11.5 Å². The molecule has 0 amide bonds. The van der Waals surface area contributed by atoms with Gasteiger partial charge in [-0.25, -0.2) is 9.97 Å². The Morgan fingerprint density at radius 2 is 2.15 bits per heavy atom. The summed E-state index contributed by atoms with van der Waals surface area (Å²) in [6, 6.07) is 0. The van der Waals surface area contributed by atoms with E-state index in [1.807, 2.05) is 0 Å². The van der Waals surface area contributed by atoms with Crippen molar-refractivity contribution in [2.45, 2.75) is 18.9 Å². The molecule has 0 bridgehead atoms. The smallest absolute Gasteiger partial charge is 0.305 e. The zero-order chi connectivity index (χ0) is 9.90. The van der Waals surface area contributed by atoms with Gasteiger partial charge < -0.3 is 10.8 Å². The van der Waals surface area contributed by atoms with Crippen molar-refractivity contribution >= 4 is 5.97 Å². The van der Waals surface area contributed by atoms with Crippen LogP contribution in [0.15, 0.2) is 18.7 Å². The number of aliphatic carboxylic acids is 1. The number of nitrogens with zero attached hydrogens (tertiary/aromatic N) is 2. The molecule has 1 aromatic heterocycles. The standard InChI is InChI=1S/C8H11N3O2/c1-8(9,2-7(12)13)6-3-10-5-11-4-6/h3-5H,2,9H2,1H3,(H,12,13). The normalized spacial score (nSPS) is 14.9. The summed E-state index contributed by atoms with van der Waals surface area (Å²) in [5, 5.41) is 8.59. The molecule has 0 aliphatic heterocycles. The summed E-state index contributed by atoms with van der Waals surface area (Å²) in [6.45, 7) is 1.64. The molecule has 0 aliphatic rings. The molecule has 5 heteroatoms. The van der Waals surface area contributed by atoms with Gasteiger partial charge in [0, 0.05) is 18.0 Å². The summed E-state index contributed by atoms with van der Waals surface area (Å²) in [4.78, 5) is 18.0. The summed E-state index contributed by atoms with van der Waals surface area (Å²) in [7, 11) is 0. The van der Waals surface area contributed by atoms with Gasteiger partial charge in [0.25, 0.3) is 0 Å². The molecule has 0 spiro atoms. The molecular weight excluding hydrogens is 170 g/mol. The number of rotatable bonds is 3. The number of nitrogens with two attached hydrogens (primary N) is 1. The Kier molecular flexibility index (Phi) is 2.57. The van der Waals surface area contributed by atoms with Crippen LogP contribution in [0.3, 0.4) is 0 Å². The zero-order valence-electron chi connectivity index (χ0n) is 7.27. The topological polar surface area (TPSA) is 89.1 Å². The lowest BCUT2D eigenvalue weighted by Crippen LogP contribution is -2.35. The highest BCUT2D eigenvalue weighted by atomic mass is 16.4. The highest BCUT2D eigenvalue weighted by molar-refractivity contribution is 5.68. The highest BCUT2D eigenvalue weighted by Crippen LogP contribution is 2.19. The van der Waals surface area contributed by atoms with Gasteiger partial charge in [-0.05, 0) is 6.92 Å². The van der Waals surface area contributed by atoms with E-state index in [1.165, 1.54) is 18.7 Å². The molecule has 0 aliphatic carbocycles. The first-order valence-electron chi connectivity index (χ1n) is 3.78. The first-order chi connectivity index (χ1) is 6.02. The molecule has 1 rings (SSSR count). The molecule has 1 atom stereocenters. The highest BCUT2D eigenvalue weighted by Gasteiger charge is 2.24. The van der Waals surface area contributed by atoms with Gasteiger partial charge in [0.1, 0.15) is 6.33 Å². The van der Waals surface area contributed by atoms with Gasteiger partial charge in [-0.2, -0.15) is 0 Å². The van der Waals surface area contributed by atoms with E-state index in [2.05, 4.69) is 9.97 Å². The van der Waals surface area contributed by atoms with E-state index in [4.69, 9.17) is 10.8 Å². The molecule has 1 heterocycles. The Morgan fingerprint density at radius 1 is 1.62 bits per heavy atom. The fourth-order valence-corrected chi connectivity index (χ4v) is 1.01. The minimum atomic E-state index is -0.936. The zero-order valence-corrected chi connectivity index (χ0v) is 7.27. The predicted octanol–water partition coefficient (Wildman–Crippen LogP) is 0.125. The van der Waals surface area contributed by atoms with Crippen molar-refractivity contribution in [3.8, 4) is 0 Å². The fraction of sp³-hybridized carbons (Fsp3) is 0.375. The predicted molar refractivity (Wildman–Crippen MR) is 45.8 cm³/mol. The minimum absolute atomic E-state index is 0.139. The summed E-state index contributed by atoms with van der Waals surface area (Å²) in [6.07, 6.45) is 4.28. The summed E-state index contributed by atoms with van der Waals surface area (Å²) < 4.78 is 0. The number of carbonyl (C=O) groups is 1. The average Bonchev–Trinajstić information content (AvgIpc) is 2.04. The maximum absolute atomic E-state index is 10.5. The number of carboxylic acid groups (broad SMARTS) is 1. The maximum atomic E-state index is 10.5. The van der Waals surface area contributed by atoms with E-state index in [-0.39, 0.29) is 6.42 Å². The number of hydrogen-bond acceptors (Lipinski definition) is 4. The second kappa shape index (κ2) is 3.49. The maximum Gasteiger partial charge on any atom is 0.305 e. The van der Waals surface area contributed by atoms with Crippen LogP contribution in [0.25, 0.3) is 0 Å². The minimum Gasteiger partial charge on any atom is -0.481 e. The molecule has 70 valence electrons. The van der Waals surface area contributed by atoms with E-state index in [1.54, 1.807) is 6.92 Å². The fourth-order valence-electron chi connectivity index (χ4n) is 1.01. The summed E-state index contributed by atoms with van der Waals surface area (Å²) >= 11 is 0. The van der Waals surface area contributed by atoms with Crippen LogP contribution in [0.4, 0.5) is 0 Å². The van der Waals surface area contributed by atoms with Crippen LogP contribution in [-0.2, 0) is 10.3 Å². The Morgan fingerprint density at radius 3 is 2.62 bits per heavy atom. The first kappa shape index (κ1) is 9.60. The van der Waals surface area contributed by atoms with Crippen LogP contribution in [0.5, 0.6) is 0 Å². The lowest BCUT2D eigenvalue weighted by molar-refractivity contribution is -0.138. The Balaban J connectivity index is 2.87. The molecule has 5 nitrogen and oxygen atoms in total. The third-order valence-corrected chi connectivity index (χ3v) is 1.74. The Labute approximate surface area is 75.6 Å². The van der Waals surface area contributed by atoms with Crippen molar-refractivity contribution in [2.24, 2.45) is 5.73 Å². The molecular formula is C8H11N3O2. The Hall–Kier alpha value is -1.49. The SMILES string of the molecule is CC(N)(CC(=O)O)c1cncnc1. The second-order valence-electron chi connectivity index (χ2n) is 3.12. The van der Waals surface area contributed by atoms with Gasteiger partial charge >= 0.3 is 5.97 Å².